The molecule has 21 heavy (non-hydrogen) atoms. The Labute approximate surface area is 129 Å². The van der Waals surface area contributed by atoms with Crippen molar-refractivity contribution in [1.82, 2.24) is 5.32 Å². The van der Waals surface area contributed by atoms with E-state index in [0.29, 0.717) is 11.8 Å². The third kappa shape index (κ3) is 5.41. The van der Waals surface area contributed by atoms with E-state index in [1.165, 1.54) is 0 Å². The summed E-state index contributed by atoms with van der Waals surface area (Å²) in [5, 5.41) is 3.10. The van der Waals surface area contributed by atoms with Crippen LogP contribution in [0.2, 0.25) is 0 Å². The van der Waals surface area contributed by atoms with Crippen molar-refractivity contribution < 1.29 is 9.53 Å². The zero-order valence-corrected chi connectivity index (χ0v) is 14.4. The molecule has 3 nitrogen and oxygen atoms in total. The van der Waals surface area contributed by atoms with Gasteiger partial charge in [0.15, 0.2) is 6.10 Å². The first-order chi connectivity index (χ1) is 9.70. The third-order valence-electron chi connectivity index (χ3n) is 3.62. The number of hydrogen-bond acceptors (Lipinski definition) is 2. The maximum atomic E-state index is 12.3. The molecule has 0 saturated carbocycles. The molecule has 1 atom stereocenters. The molecule has 0 fully saturated rings. The number of aryl methyl sites for hydroxylation is 2. The van der Waals surface area contributed by atoms with Gasteiger partial charge in [0.2, 0.25) is 0 Å². The van der Waals surface area contributed by atoms with E-state index in [-0.39, 0.29) is 11.9 Å². The van der Waals surface area contributed by atoms with Crippen molar-refractivity contribution in [2.75, 3.05) is 0 Å². The lowest BCUT2D eigenvalue weighted by molar-refractivity contribution is -0.128. The number of carbonyl (C=O) groups excluding carboxylic acids is 1. The normalized spacial score (nSPS) is 12.9. The average molecular weight is 291 g/mol. The summed E-state index contributed by atoms with van der Waals surface area (Å²) >= 11 is 0. The fourth-order valence-corrected chi connectivity index (χ4v) is 2.64. The lowest BCUT2D eigenvalue weighted by Crippen LogP contribution is -2.47. The van der Waals surface area contributed by atoms with Gasteiger partial charge in [-0.05, 0) is 55.9 Å². The van der Waals surface area contributed by atoms with Gasteiger partial charge in [-0.25, -0.2) is 0 Å². The zero-order valence-electron chi connectivity index (χ0n) is 14.4. The highest BCUT2D eigenvalue weighted by Gasteiger charge is 2.23. The molecule has 3 heteroatoms. The van der Waals surface area contributed by atoms with E-state index < -0.39 is 6.10 Å². The van der Waals surface area contributed by atoms with Crippen LogP contribution in [0.25, 0.3) is 0 Å². The van der Waals surface area contributed by atoms with E-state index in [2.05, 4.69) is 39.1 Å². The van der Waals surface area contributed by atoms with Crippen LogP contribution in [0.1, 0.15) is 45.7 Å². The standard InChI is InChI=1S/C18H29NO2/c1-11(2)17(12(3)4)19-18(20)15(7)21-16-9-13(5)8-14(6)10-16/h8-12,15,17H,1-7H3,(H,19,20)/t15-/m0/s1. The van der Waals surface area contributed by atoms with Crippen LogP contribution >= 0.6 is 0 Å². The highest BCUT2D eigenvalue weighted by Crippen LogP contribution is 2.18. The van der Waals surface area contributed by atoms with E-state index in [9.17, 15) is 4.79 Å². The number of ether oxygens (including phenoxy) is 1. The molecule has 0 unspecified atom stereocenters. The van der Waals surface area contributed by atoms with Crippen LogP contribution in [-0.4, -0.2) is 18.1 Å². The van der Waals surface area contributed by atoms with Crippen LogP contribution in [0.4, 0.5) is 0 Å². The summed E-state index contributed by atoms with van der Waals surface area (Å²) in [5.74, 6) is 1.51. The molecule has 1 aromatic carbocycles. The minimum absolute atomic E-state index is 0.0541. The van der Waals surface area contributed by atoms with Gasteiger partial charge in [0.05, 0.1) is 0 Å². The van der Waals surface area contributed by atoms with Gasteiger partial charge < -0.3 is 10.1 Å². The van der Waals surface area contributed by atoms with Crippen molar-refractivity contribution in [3.63, 3.8) is 0 Å². The molecule has 1 N–H and O–H groups in total. The second-order valence-corrected chi connectivity index (χ2v) is 6.61. The molecule has 1 rings (SSSR count). The first-order valence-corrected chi connectivity index (χ1v) is 7.76. The molecule has 0 heterocycles. The Kier molecular flexibility index (Phi) is 6.25. The SMILES string of the molecule is Cc1cc(C)cc(O[C@@H](C)C(=O)NC(C(C)C)C(C)C)c1. The van der Waals surface area contributed by atoms with E-state index in [4.69, 9.17) is 4.74 Å². The molecule has 0 saturated heterocycles. The molecular formula is C18H29NO2. The fourth-order valence-electron chi connectivity index (χ4n) is 2.64. The van der Waals surface area contributed by atoms with Gasteiger partial charge in [-0.1, -0.05) is 33.8 Å². The van der Waals surface area contributed by atoms with E-state index >= 15 is 0 Å². The van der Waals surface area contributed by atoms with Crippen LogP contribution < -0.4 is 10.1 Å². The van der Waals surface area contributed by atoms with Crippen LogP contribution in [0, 0.1) is 25.7 Å². The molecule has 0 aliphatic rings. The molecule has 1 aromatic rings. The summed E-state index contributed by atoms with van der Waals surface area (Å²) in [6, 6.07) is 6.17. The number of rotatable bonds is 6. The predicted octanol–water partition coefficient (Wildman–Crippen LogP) is 3.87. The van der Waals surface area contributed by atoms with E-state index in [0.717, 1.165) is 16.9 Å². The van der Waals surface area contributed by atoms with Gasteiger partial charge >= 0.3 is 0 Å². The predicted molar refractivity (Wildman–Crippen MR) is 87.6 cm³/mol. The summed E-state index contributed by atoms with van der Waals surface area (Å²) < 4.78 is 5.79. The van der Waals surface area contributed by atoms with Gasteiger partial charge in [-0.3, -0.25) is 4.79 Å². The average Bonchev–Trinajstić information content (AvgIpc) is 2.33. The van der Waals surface area contributed by atoms with Gasteiger partial charge in [0.25, 0.3) is 5.91 Å². The minimum atomic E-state index is -0.494. The fraction of sp³-hybridized carbons (Fsp3) is 0.611. The molecule has 0 radical (unpaired) electrons. The van der Waals surface area contributed by atoms with Crippen molar-refractivity contribution >= 4 is 5.91 Å². The molecule has 1 amide bonds. The topological polar surface area (TPSA) is 38.3 Å². The number of benzene rings is 1. The summed E-state index contributed by atoms with van der Waals surface area (Å²) in [6.07, 6.45) is -0.494. The highest BCUT2D eigenvalue weighted by molar-refractivity contribution is 5.81. The first kappa shape index (κ1) is 17.5. The highest BCUT2D eigenvalue weighted by atomic mass is 16.5. The lowest BCUT2D eigenvalue weighted by atomic mass is 9.93. The van der Waals surface area contributed by atoms with Crippen LogP contribution in [0.5, 0.6) is 5.75 Å². The molecule has 0 aromatic heterocycles. The van der Waals surface area contributed by atoms with Crippen molar-refractivity contribution in [3.8, 4) is 5.75 Å². The molecule has 0 aliphatic carbocycles. The third-order valence-corrected chi connectivity index (χ3v) is 3.62. The van der Waals surface area contributed by atoms with Gasteiger partial charge in [0, 0.05) is 6.04 Å². The number of amides is 1. The Morgan fingerprint density at radius 2 is 1.43 bits per heavy atom. The Balaban J connectivity index is 2.70. The largest absolute Gasteiger partial charge is 0.481 e. The molecule has 0 spiro atoms. The Morgan fingerprint density at radius 3 is 1.86 bits per heavy atom. The second-order valence-electron chi connectivity index (χ2n) is 6.61. The summed E-state index contributed by atoms with van der Waals surface area (Å²) in [5.41, 5.74) is 2.28. The number of hydrogen-bond donors (Lipinski definition) is 1. The van der Waals surface area contributed by atoms with Crippen LogP contribution in [0.15, 0.2) is 18.2 Å². The summed E-state index contributed by atoms with van der Waals surface area (Å²) in [7, 11) is 0. The quantitative estimate of drug-likeness (QED) is 0.864. The molecule has 0 bridgehead atoms. The number of carbonyl (C=O) groups is 1. The van der Waals surface area contributed by atoms with Crippen molar-refractivity contribution in [2.45, 2.75) is 60.6 Å². The van der Waals surface area contributed by atoms with E-state index in [1.807, 2.05) is 26.0 Å². The van der Waals surface area contributed by atoms with E-state index in [1.54, 1.807) is 6.92 Å². The van der Waals surface area contributed by atoms with Crippen molar-refractivity contribution in [2.24, 2.45) is 11.8 Å². The number of nitrogens with one attached hydrogen (secondary N) is 1. The second kappa shape index (κ2) is 7.48. The van der Waals surface area contributed by atoms with Gasteiger partial charge in [0.1, 0.15) is 5.75 Å². The Bertz CT molecular complexity index is 452. The van der Waals surface area contributed by atoms with Crippen molar-refractivity contribution in [1.29, 1.82) is 0 Å². The molecular weight excluding hydrogens is 262 g/mol. The van der Waals surface area contributed by atoms with Crippen molar-refractivity contribution in [3.05, 3.63) is 29.3 Å². The lowest BCUT2D eigenvalue weighted by Gasteiger charge is -2.27. The minimum Gasteiger partial charge on any atom is -0.481 e. The first-order valence-electron chi connectivity index (χ1n) is 7.76. The molecule has 0 aliphatic heterocycles. The zero-order chi connectivity index (χ0) is 16.2. The van der Waals surface area contributed by atoms with Crippen LogP contribution in [0.3, 0.4) is 0 Å². The monoisotopic (exact) mass is 291 g/mol. The summed E-state index contributed by atoms with van der Waals surface area (Å²) in [6.45, 7) is 14.3. The Hall–Kier alpha value is -1.51. The summed E-state index contributed by atoms with van der Waals surface area (Å²) in [4.78, 5) is 12.3. The van der Waals surface area contributed by atoms with Gasteiger partial charge in [-0.15, -0.1) is 0 Å². The molecule has 118 valence electrons. The maximum Gasteiger partial charge on any atom is 0.261 e. The van der Waals surface area contributed by atoms with Crippen LogP contribution in [-0.2, 0) is 4.79 Å². The maximum absolute atomic E-state index is 12.3. The smallest absolute Gasteiger partial charge is 0.261 e. The van der Waals surface area contributed by atoms with Gasteiger partial charge in [-0.2, -0.15) is 0 Å². The Morgan fingerprint density at radius 1 is 0.952 bits per heavy atom.